The van der Waals surface area contributed by atoms with Gasteiger partial charge in [-0.3, -0.25) is 0 Å². The Labute approximate surface area is 88.8 Å². The molecule has 0 saturated heterocycles. The average Bonchev–Trinajstić information content (AvgIpc) is 2.23. The number of hydrogen-bond donors (Lipinski definition) is 1. The zero-order chi connectivity index (χ0) is 11.1. The van der Waals surface area contributed by atoms with Gasteiger partial charge in [0.15, 0.2) is 0 Å². The van der Waals surface area contributed by atoms with E-state index >= 15 is 0 Å². The lowest BCUT2D eigenvalue weighted by molar-refractivity contribution is 0.565. The van der Waals surface area contributed by atoms with E-state index in [1.807, 2.05) is 6.08 Å². The predicted octanol–water partition coefficient (Wildman–Crippen LogP) is 3.02. The molecule has 1 N–H and O–H groups in total. The minimum atomic E-state index is -0.403. The molecule has 0 radical (unpaired) electrons. The largest absolute Gasteiger partial charge is 0.313 e. The van der Waals surface area contributed by atoms with Crippen LogP contribution in [0.2, 0.25) is 0 Å². The van der Waals surface area contributed by atoms with Crippen LogP contribution in [0.3, 0.4) is 0 Å². The second kappa shape index (κ2) is 6.30. The summed E-state index contributed by atoms with van der Waals surface area (Å²) in [6.45, 7) is 4.75. The molecule has 1 nitrogen and oxygen atoms in total. The first-order valence-electron chi connectivity index (χ1n) is 4.99. The van der Waals surface area contributed by atoms with Gasteiger partial charge in [-0.25, -0.2) is 8.78 Å². The van der Waals surface area contributed by atoms with Crippen molar-refractivity contribution in [3.63, 3.8) is 0 Å². The first kappa shape index (κ1) is 11.9. The fraction of sp³-hybridized carbons (Fsp3) is 0.333. The Bertz CT molecular complexity index is 323. The molecule has 0 aliphatic carbocycles. The Kier molecular flexibility index (Phi) is 4.98. The molecule has 0 unspecified atom stereocenters. The van der Waals surface area contributed by atoms with Crippen LogP contribution in [0, 0.1) is 11.6 Å². The molecule has 0 aromatic heterocycles. The number of allylic oxidation sites excluding steroid dienone is 1. The van der Waals surface area contributed by atoms with E-state index in [9.17, 15) is 8.78 Å². The minimum Gasteiger partial charge on any atom is -0.313 e. The quantitative estimate of drug-likeness (QED) is 0.563. The standard InChI is InChI=1S/C12H15F2N/c1-2-3-4-7-15-9-10-8-11(13)5-6-12(10)14/h2,5-6,8,15H,1,3-4,7,9H2. The summed E-state index contributed by atoms with van der Waals surface area (Å²) in [5.41, 5.74) is 0.369. The van der Waals surface area contributed by atoms with Gasteiger partial charge >= 0.3 is 0 Å². The molecule has 1 aromatic carbocycles. The number of rotatable bonds is 6. The van der Waals surface area contributed by atoms with E-state index < -0.39 is 5.82 Å². The van der Waals surface area contributed by atoms with E-state index in [2.05, 4.69) is 11.9 Å². The number of hydrogen-bond acceptors (Lipinski definition) is 1. The lowest BCUT2D eigenvalue weighted by atomic mass is 10.2. The molecule has 0 aliphatic rings. The topological polar surface area (TPSA) is 12.0 Å². The lowest BCUT2D eigenvalue weighted by Crippen LogP contribution is -2.15. The SMILES string of the molecule is C=CCCCNCc1cc(F)ccc1F. The van der Waals surface area contributed by atoms with Gasteiger partial charge in [0.05, 0.1) is 0 Å². The van der Waals surface area contributed by atoms with Gasteiger partial charge in [-0.2, -0.15) is 0 Å². The highest BCUT2D eigenvalue weighted by Gasteiger charge is 2.02. The molecule has 0 saturated carbocycles. The van der Waals surface area contributed by atoms with Crippen LogP contribution in [-0.2, 0) is 6.54 Å². The third-order valence-electron chi connectivity index (χ3n) is 2.09. The average molecular weight is 211 g/mol. The van der Waals surface area contributed by atoms with E-state index in [-0.39, 0.29) is 5.82 Å². The number of nitrogens with one attached hydrogen (secondary N) is 1. The second-order valence-electron chi connectivity index (χ2n) is 3.34. The Balaban J connectivity index is 2.36. The third-order valence-corrected chi connectivity index (χ3v) is 2.09. The van der Waals surface area contributed by atoms with Gasteiger partial charge in [-0.05, 0) is 37.6 Å². The van der Waals surface area contributed by atoms with Crippen LogP contribution < -0.4 is 5.32 Å². The summed E-state index contributed by atoms with van der Waals surface area (Å²) in [7, 11) is 0. The minimum absolute atomic E-state index is 0.362. The van der Waals surface area contributed by atoms with Crippen molar-refractivity contribution in [2.45, 2.75) is 19.4 Å². The summed E-state index contributed by atoms with van der Waals surface area (Å²) in [5.74, 6) is -0.771. The molecular formula is C12H15F2N. The van der Waals surface area contributed by atoms with E-state index in [4.69, 9.17) is 0 Å². The van der Waals surface area contributed by atoms with E-state index in [0.717, 1.165) is 31.5 Å². The van der Waals surface area contributed by atoms with Crippen LogP contribution in [0.25, 0.3) is 0 Å². The van der Waals surface area contributed by atoms with Crippen LogP contribution in [0.1, 0.15) is 18.4 Å². The van der Waals surface area contributed by atoms with Crippen molar-refractivity contribution in [2.75, 3.05) is 6.54 Å². The van der Waals surface area contributed by atoms with Crippen molar-refractivity contribution in [1.29, 1.82) is 0 Å². The molecule has 0 atom stereocenters. The van der Waals surface area contributed by atoms with E-state index in [0.29, 0.717) is 12.1 Å². The molecule has 0 aliphatic heterocycles. The summed E-state index contributed by atoms with van der Waals surface area (Å²) in [5, 5.41) is 3.05. The van der Waals surface area contributed by atoms with Crippen molar-refractivity contribution in [3.8, 4) is 0 Å². The highest BCUT2D eigenvalue weighted by atomic mass is 19.1. The Hall–Kier alpha value is -1.22. The molecule has 0 fully saturated rings. The summed E-state index contributed by atoms with van der Waals surface area (Å²) in [4.78, 5) is 0. The van der Waals surface area contributed by atoms with Gasteiger partial charge in [-0.1, -0.05) is 6.08 Å². The Morgan fingerprint density at radius 2 is 2.13 bits per heavy atom. The molecule has 0 spiro atoms. The maximum atomic E-state index is 13.1. The molecule has 1 aromatic rings. The van der Waals surface area contributed by atoms with E-state index in [1.165, 1.54) is 6.07 Å². The third kappa shape index (κ3) is 4.21. The van der Waals surface area contributed by atoms with Crippen molar-refractivity contribution in [1.82, 2.24) is 5.32 Å². The first-order valence-corrected chi connectivity index (χ1v) is 4.99. The van der Waals surface area contributed by atoms with Gasteiger partial charge < -0.3 is 5.32 Å². The van der Waals surface area contributed by atoms with E-state index in [1.54, 1.807) is 0 Å². The molecule has 82 valence electrons. The Morgan fingerprint density at radius 1 is 1.33 bits per heavy atom. The molecule has 0 amide bonds. The number of halogens is 2. The molecular weight excluding hydrogens is 196 g/mol. The first-order chi connectivity index (χ1) is 7.24. The fourth-order valence-electron chi connectivity index (χ4n) is 1.27. The zero-order valence-electron chi connectivity index (χ0n) is 8.60. The van der Waals surface area contributed by atoms with Crippen LogP contribution in [0.4, 0.5) is 8.78 Å². The summed E-state index contributed by atoms with van der Waals surface area (Å²) in [6, 6.07) is 3.49. The Morgan fingerprint density at radius 3 is 2.87 bits per heavy atom. The van der Waals surface area contributed by atoms with Gasteiger partial charge in [0.2, 0.25) is 0 Å². The van der Waals surface area contributed by atoms with Crippen LogP contribution in [0.15, 0.2) is 30.9 Å². The van der Waals surface area contributed by atoms with Gasteiger partial charge in [0.1, 0.15) is 11.6 Å². The summed E-state index contributed by atoms with van der Waals surface area (Å²) >= 11 is 0. The summed E-state index contributed by atoms with van der Waals surface area (Å²) in [6.07, 6.45) is 3.73. The van der Waals surface area contributed by atoms with Crippen molar-refractivity contribution in [3.05, 3.63) is 48.1 Å². The highest BCUT2D eigenvalue weighted by Crippen LogP contribution is 2.09. The molecule has 3 heteroatoms. The van der Waals surface area contributed by atoms with Crippen molar-refractivity contribution >= 4 is 0 Å². The van der Waals surface area contributed by atoms with Crippen LogP contribution in [0.5, 0.6) is 0 Å². The van der Waals surface area contributed by atoms with Gasteiger partial charge in [0, 0.05) is 12.1 Å². The van der Waals surface area contributed by atoms with Crippen LogP contribution in [-0.4, -0.2) is 6.54 Å². The monoisotopic (exact) mass is 211 g/mol. The van der Waals surface area contributed by atoms with Gasteiger partial charge in [-0.15, -0.1) is 6.58 Å². The molecule has 0 heterocycles. The van der Waals surface area contributed by atoms with Gasteiger partial charge in [0.25, 0.3) is 0 Å². The highest BCUT2D eigenvalue weighted by molar-refractivity contribution is 5.18. The number of unbranched alkanes of at least 4 members (excludes halogenated alkanes) is 1. The number of benzene rings is 1. The normalized spacial score (nSPS) is 10.3. The summed E-state index contributed by atoms with van der Waals surface area (Å²) < 4.78 is 25.9. The maximum absolute atomic E-state index is 13.1. The fourth-order valence-corrected chi connectivity index (χ4v) is 1.27. The molecule has 0 bridgehead atoms. The molecule has 15 heavy (non-hydrogen) atoms. The predicted molar refractivity (Wildman–Crippen MR) is 57.5 cm³/mol. The zero-order valence-corrected chi connectivity index (χ0v) is 8.60. The second-order valence-corrected chi connectivity index (χ2v) is 3.34. The van der Waals surface area contributed by atoms with Crippen molar-refractivity contribution < 1.29 is 8.78 Å². The lowest BCUT2D eigenvalue weighted by Gasteiger charge is -2.05. The van der Waals surface area contributed by atoms with Crippen LogP contribution >= 0.6 is 0 Å². The molecule has 1 rings (SSSR count). The smallest absolute Gasteiger partial charge is 0.127 e. The van der Waals surface area contributed by atoms with Crippen molar-refractivity contribution in [2.24, 2.45) is 0 Å². The maximum Gasteiger partial charge on any atom is 0.127 e.